The molecule has 0 saturated carbocycles. The summed E-state index contributed by atoms with van der Waals surface area (Å²) in [6.07, 6.45) is 0. The van der Waals surface area contributed by atoms with Gasteiger partial charge in [-0.3, -0.25) is 4.79 Å². The quantitative estimate of drug-likeness (QED) is 0.570. The number of hydrogen-bond donors (Lipinski definition) is 2. The van der Waals surface area contributed by atoms with Crippen LogP contribution in [0.15, 0.2) is 48.5 Å². The summed E-state index contributed by atoms with van der Waals surface area (Å²) < 4.78 is 5.55. The number of nitrogens with two attached hydrogens (primary N) is 1. The average Bonchev–Trinajstić information content (AvgIpc) is 2.99. The summed E-state index contributed by atoms with van der Waals surface area (Å²) >= 11 is 1.31. The topological polar surface area (TPSA) is 81.4 Å². The molecule has 0 aliphatic rings. The number of thiophene rings is 1. The van der Waals surface area contributed by atoms with E-state index in [4.69, 9.17) is 10.5 Å². The number of nitrogen functional groups attached to an aromatic ring is 1. The van der Waals surface area contributed by atoms with Crippen molar-refractivity contribution >= 4 is 44.7 Å². The normalized spacial score (nSPS) is 10.5. The van der Waals surface area contributed by atoms with E-state index in [1.165, 1.54) is 18.4 Å². The number of esters is 1. The number of para-hydroxylation sites is 2. The number of rotatable bonds is 3. The summed E-state index contributed by atoms with van der Waals surface area (Å²) in [5.41, 5.74) is 7.37. The lowest BCUT2D eigenvalue weighted by molar-refractivity contribution is 0.0601. The highest BCUT2D eigenvalue weighted by Crippen LogP contribution is 2.28. The number of amides is 1. The minimum Gasteiger partial charge on any atom is -0.465 e. The monoisotopic (exact) mass is 326 g/mol. The summed E-state index contributed by atoms with van der Waals surface area (Å²) in [5, 5.41) is 3.69. The molecule has 0 bridgehead atoms. The summed E-state index contributed by atoms with van der Waals surface area (Å²) in [5.74, 6) is -0.632. The Morgan fingerprint density at radius 1 is 1.13 bits per heavy atom. The Kier molecular flexibility index (Phi) is 3.99. The van der Waals surface area contributed by atoms with Crippen molar-refractivity contribution in [2.24, 2.45) is 0 Å². The van der Waals surface area contributed by atoms with Gasteiger partial charge in [-0.25, -0.2) is 4.79 Å². The molecule has 1 amide bonds. The maximum Gasteiger partial charge on any atom is 0.337 e. The number of benzene rings is 2. The zero-order valence-electron chi connectivity index (χ0n) is 12.3. The molecule has 3 rings (SSSR count). The summed E-state index contributed by atoms with van der Waals surface area (Å²) in [4.78, 5) is 24.5. The highest BCUT2D eigenvalue weighted by molar-refractivity contribution is 7.20. The first-order valence-corrected chi connectivity index (χ1v) is 7.68. The van der Waals surface area contributed by atoms with E-state index in [-0.39, 0.29) is 5.91 Å². The second kappa shape index (κ2) is 6.10. The van der Waals surface area contributed by atoms with Gasteiger partial charge in [0.05, 0.1) is 28.9 Å². The van der Waals surface area contributed by atoms with Crippen molar-refractivity contribution in [2.45, 2.75) is 0 Å². The Labute approximate surface area is 136 Å². The molecule has 0 radical (unpaired) electrons. The number of ether oxygens (including phenoxy) is 1. The molecular weight excluding hydrogens is 312 g/mol. The fourth-order valence-electron chi connectivity index (χ4n) is 2.18. The third-order valence-electron chi connectivity index (χ3n) is 3.37. The van der Waals surface area contributed by atoms with Gasteiger partial charge >= 0.3 is 5.97 Å². The molecule has 1 aromatic heterocycles. The van der Waals surface area contributed by atoms with Crippen molar-refractivity contribution in [2.75, 3.05) is 18.2 Å². The van der Waals surface area contributed by atoms with Gasteiger partial charge in [0.2, 0.25) is 0 Å². The molecule has 0 spiro atoms. The second-order valence-electron chi connectivity index (χ2n) is 4.90. The van der Waals surface area contributed by atoms with E-state index in [1.807, 2.05) is 0 Å². The SMILES string of the molecule is COC(=O)c1ccc2cc(C(=O)Nc3ccccc3N)sc2c1. The van der Waals surface area contributed by atoms with Crippen LogP contribution in [-0.4, -0.2) is 19.0 Å². The molecule has 0 aliphatic heterocycles. The summed E-state index contributed by atoms with van der Waals surface area (Å²) in [6, 6.07) is 14.1. The molecule has 0 unspecified atom stereocenters. The molecule has 3 N–H and O–H groups in total. The van der Waals surface area contributed by atoms with Gasteiger partial charge in [-0.15, -0.1) is 11.3 Å². The molecule has 6 heteroatoms. The van der Waals surface area contributed by atoms with E-state index in [0.29, 0.717) is 21.8 Å². The Balaban J connectivity index is 1.89. The second-order valence-corrected chi connectivity index (χ2v) is 5.98. The number of methoxy groups -OCH3 is 1. The molecule has 1 heterocycles. The molecule has 2 aromatic carbocycles. The smallest absolute Gasteiger partial charge is 0.337 e. The lowest BCUT2D eigenvalue weighted by Gasteiger charge is -2.05. The molecule has 0 aliphatic carbocycles. The van der Waals surface area contributed by atoms with Crippen molar-refractivity contribution in [1.29, 1.82) is 0 Å². The van der Waals surface area contributed by atoms with Crippen LogP contribution in [0.1, 0.15) is 20.0 Å². The first-order chi connectivity index (χ1) is 11.1. The van der Waals surface area contributed by atoms with Crippen molar-refractivity contribution in [1.82, 2.24) is 0 Å². The Hall–Kier alpha value is -2.86. The lowest BCUT2D eigenvalue weighted by atomic mass is 10.2. The minimum atomic E-state index is -0.400. The standard InChI is InChI=1S/C17H14N2O3S/c1-22-17(21)11-7-6-10-8-15(23-14(10)9-11)16(20)19-13-5-3-2-4-12(13)18/h2-9H,18H2,1H3,(H,19,20). The first kappa shape index (κ1) is 15.1. The van der Waals surface area contributed by atoms with E-state index in [2.05, 4.69) is 5.32 Å². The largest absolute Gasteiger partial charge is 0.465 e. The van der Waals surface area contributed by atoms with Crippen LogP contribution in [0.25, 0.3) is 10.1 Å². The van der Waals surface area contributed by atoms with Gasteiger partial charge in [0.25, 0.3) is 5.91 Å². The average molecular weight is 326 g/mol. The molecule has 23 heavy (non-hydrogen) atoms. The Bertz CT molecular complexity index is 902. The molecule has 0 saturated heterocycles. The van der Waals surface area contributed by atoms with Gasteiger partial charge in [-0.2, -0.15) is 0 Å². The molecule has 116 valence electrons. The first-order valence-electron chi connectivity index (χ1n) is 6.86. The van der Waals surface area contributed by atoms with Crippen molar-refractivity contribution in [3.8, 4) is 0 Å². The van der Waals surface area contributed by atoms with E-state index >= 15 is 0 Å². The number of carbonyl (C=O) groups is 2. The van der Waals surface area contributed by atoms with Gasteiger partial charge in [-0.05, 0) is 35.7 Å². The van der Waals surface area contributed by atoms with Gasteiger partial charge in [-0.1, -0.05) is 18.2 Å². The molecule has 3 aromatic rings. The highest BCUT2D eigenvalue weighted by Gasteiger charge is 2.13. The van der Waals surface area contributed by atoms with Crippen LogP contribution in [0.5, 0.6) is 0 Å². The van der Waals surface area contributed by atoms with Crippen LogP contribution in [-0.2, 0) is 4.74 Å². The van der Waals surface area contributed by atoms with Crippen molar-refractivity contribution in [3.05, 3.63) is 59.0 Å². The number of fused-ring (bicyclic) bond motifs is 1. The Morgan fingerprint density at radius 3 is 2.65 bits per heavy atom. The van der Waals surface area contributed by atoms with Gasteiger partial charge in [0.15, 0.2) is 0 Å². The number of anilines is 2. The molecular formula is C17H14N2O3S. The molecule has 5 nitrogen and oxygen atoms in total. The number of carbonyl (C=O) groups excluding carboxylic acids is 2. The minimum absolute atomic E-state index is 0.233. The Morgan fingerprint density at radius 2 is 1.91 bits per heavy atom. The predicted octanol–water partition coefficient (Wildman–Crippen LogP) is 3.52. The lowest BCUT2D eigenvalue weighted by Crippen LogP contribution is -2.11. The van der Waals surface area contributed by atoms with E-state index in [9.17, 15) is 9.59 Å². The third-order valence-corrected chi connectivity index (χ3v) is 4.47. The molecule has 0 atom stereocenters. The zero-order valence-corrected chi connectivity index (χ0v) is 13.1. The number of nitrogens with one attached hydrogen (secondary N) is 1. The summed E-state index contributed by atoms with van der Waals surface area (Å²) in [6.45, 7) is 0. The van der Waals surface area contributed by atoms with Crippen LogP contribution in [0.2, 0.25) is 0 Å². The van der Waals surface area contributed by atoms with Crippen LogP contribution in [0.3, 0.4) is 0 Å². The van der Waals surface area contributed by atoms with E-state index in [1.54, 1.807) is 48.5 Å². The maximum atomic E-state index is 12.4. The van der Waals surface area contributed by atoms with E-state index in [0.717, 1.165) is 10.1 Å². The summed E-state index contributed by atoms with van der Waals surface area (Å²) in [7, 11) is 1.34. The van der Waals surface area contributed by atoms with Crippen LogP contribution in [0.4, 0.5) is 11.4 Å². The zero-order chi connectivity index (χ0) is 16.4. The van der Waals surface area contributed by atoms with Crippen LogP contribution in [0, 0.1) is 0 Å². The highest BCUT2D eigenvalue weighted by atomic mass is 32.1. The van der Waals surface area contributed by atoms with Gasteiger partial charge < -0.3 is 15.8 Å². The van der Waals surface area contributed by atoms with Crippen molar-refractivity contribution in [3.63, 3.8) is 0 Å². The fourth-order valence-corrected chi connectivity index (χ4v) is 3.18. The third kappa shape index (κ3) is 3.02. The van der Waals surface area contributed by atoms with Gasteiger partial charge in [0, 0.05) is 4.70 Å². The van der Waals surface area contributed by atoms with Crippen LogP contribution >= 0.6 is 11.3 Å². The van der Waals surface area contributed by atoms with Gasteiger partial charge in [0.1, 0.15) is 0 Å². The van der Waals surface area contributed by atoms with Crippen molar-refractivity contribution < 1.29 is 14.3 Å². The van der Waals surface area contributed by atoms with Crippen LogP contribution < -0.4 is 11.1 Å². The maximum absolute atomic E-state index is 12.4. The molecule has 0 fully saturated rings. The fraction of sp³-hybridized carbons (Fsp3) is 0.0588. The predicted molar refractivity (Wildman–Crippen MR) is 92.0 cm³/mol. The van der Waals surface area contributed by atoms with E-state index < -0.39 is 5.97 Å². The number of hydrogen-bond acceptors (Lipinski definition) is 5.